The zero-order chi connectivity index (χ0) is 23.7. The fourth-order valence-corrected chi connectivity index (χ4v) is 4.93. The van der Waals surface area contributed by atoms with Crippen molar-refractivity contribution in [3.05, 3.63) is 82.9 Å². The highest BCUT2D eigenvalue weighted by molar-refractivity contribution is 7.91. The predicted octanol–water partition coefficient (Wildman–Crippen LogP) is 5.52. The maximum Gasteiger partial charge on any atom is 0.234 e. The molecule has 0 fully saturated rings. The molecule has 0 unspecified atom stereocenters. The van der Waals surface area contributed by atoms with E-state index in [-0.39, 0.29) is 21.7 Å². The Morgan fingerprint density at radius 1 is 0.941 bits per heavy atom. The molecular weight excluding hydrogens is 476 g/mol. The summed E-state index contributed by atoms with van der Waals surface area (Å²) in [6, 6.07) is 19.2. The molecule has 5 rings (SSSR count). The Hall–Kier alpha value is -3.49. The minimum absolute atomic E-state index is 0.0334. The fourth-order valence-electron chi connectivity index (χ4n) is 3.51. The monoisotopic (exact) mass is 496 g/mol. The first-order valence-corrected chi connectivity index (χ1v) is 12.5. The Bertz CT molecular complexity index is 1430. The zero-order valence-corrected chi connectivity index (χ0v) is 19.8. The van der Waals surface area contributed by atoms with Crippen LogP contribution in [0.15, 0.2) is 81.1 Å². The van der Waals surface area contributed by atoms with Crippen molar-refractivity contribution in [3.63, 3.8) is 0 Å². The number of aromatic nitrogens is 1. The van der Waals surface area contributed by atoms with Gasteiger partial charge in [0.25, 0.3) is 0 Å². The molecule has 1 aromatic heterocycles. The predicted molar refractivity (Wildman–Crippen MR) is 128 cm³/mol. The third-order valence-electron chi connectivity index (χ3n) is 5.34. The van der Waals surface area contributed by atoms with E-state index in [1.807, 2.05) is 31.2 Å². The van der Waals surface area contributed by atoms with Crippen molar-refractivity contribution >= 4 is 27.3 Å². The summed E-state index contributed by atoms with van der Waals surface area (Å²) in [6.45, 7) is 3.13. The van der Waals surface area contributed by atoms with Gasteiger partial charge in [0.15, 0.2) is 11.5 Å². The number of rotatable bonds is 6. The second-order valence-corrected chi connectivity index (χ2v) is 10.1. The van der Waals surface area contributed by atoms with Crippen LogP contribution in [0.25, 0.3) is 11.5 Å². The lowest BCUT2D eigenvalue weighted by molar-refractivity contribution is 0.171. The summed E-state index contributed by atoms with van der Waals surface area (Å²) in [4.78, 5) is 4.40. The summed E-state index contributed by atoms with van der Waals surface area (Å²) in [7, 11) is -4.04. The molecule has 1 N–H and O–H groups in total. The van der Waals surface area contributed by atoms with Crippen LogP contribution >= 0.6 is 11.6 Å². The van der Waals surface area contributed by atoms with Crippen LogP contribution in [0, 0.1) is 6.92 Å². The van der Waals surface area contributed by atoms with Crippen molar-refractivity contribution < 1.29 is 22.3 Å². The third kappa shape index (κ3) is 4.47. The highest BCUT2D eigenvalue weighted by atomic mass is 35.5. The molecule has 0 aliphatic carbocycles. The number of ether oxygens (including phenoxy) is 2. The maximum absolute atomic E-state index is 13.6. The molecule has 2 heterocycles. The quantitative estimate of drug-likeness (QED) is 0.376. The van der Waals surface area contributed by atoms with Gasteiger partial charge in [0.2, 0.25) is 26.6 Å². The molecule has 4 aromatic rings. The van der Waals surface area contributed by atoms with Gasteiger partial charge in [-0.25, -0.2) is 8.42 Å². The lowest BCUT2D eigenvalue weighted by Gasteiger charge is -2.18. The number of hydrogen-bond donors (Lipinski definition) is 1. The van der Waals surface area contributed by atoms with Crippen molar-refractivity contribution in [1.82, 2.24) is 4.98 Å². The Labute approximate surface area is 202 Å². The number of nitrogens with zero attached hydrogens (tertiary/aromatic N) is 1. The van der Waals surface area contributed by atoms with Crippen LogP contribution < -0.4 is 14.8 Å². The van der Waals surface area contributed by atoms with Crippen molar-refractivity contribution in [2.24, 2.45) is 0 Å². The Morgan fingerprint density at radius 2 is 1.65 bits per heavy atom. The minimum atomic E-state index is -4.04. The van der Waals surface area contributed by atoms with Crippen LogP contribution in [0.1, 0.15) is 11.1 Å². The Morgan fingerprint density at radius 3 is 2.38 bits per heavy atom. The largest absolute Gasteiger partial charge is 0.486 e. The van der Waals surface area contributed by atoms with Crippen molar-refractivity contribution in [2.45, 2.75) is 23.4 Å². The molecule has 0 atom stereocenters. The van der Waals surface area contributed by atoms with E-state index in [4.69, 9.17) is 25.5 Å². The molecule has 174 valence electrons. The summed E-state index contributed by atoms with van der Waals surface area (Å²) in [5, 5.41) is 3.44. The second kappa shape index (κ2) is 9.04. The third-order valence-corrected chi connectivity index (χ3v) is 7.25. The highest BCUT2D eigenvalue weighted by Gasteiger charge is 2.30. The number of anilines is 1. The van der Waals surface area contributed by atoms with Crippen molar-refractivity contribution in [2.75, 3.05) is 18.5 Å². The van der Waals surface area contributed by atoms with E-state index >= 15 is 0 Å². The van der Waals surface area contributed by atoms with E-state index in [1.165, 1.54) is 12.1 Å². The van der Waals surface area contributed by atoms with E-state index in [9.17, 15) is 8.42 Å². The smallest absolute Gasteiger partial charge is 0.234 e. The first-order chi connectivity index (χ1) is 16.4. The topological polar surface area (TPSA) is 90.7 Å². The molecular formula is C25H21ClN2O5S. The second-order valence-electron chi connectivity index (χ2n) is 7.81. The Kier molecular flexibility index (Phi) is 5.93. The number of hydrogen-bond acceptors (Lipinski definition) is 7. The van der Waals surface area contributed by atoms with Crippen LogP contribution in [0.3, 0.4) is 0 Å². The summed E-state index contributed by atoms with van der Waals surface area (Å²) >= 11 is 5.99. The first kappa shape index (κ1) is 22.3. The Balaban J connectivity index is 1.54. The van der Waals surface area contributed by atoms with Gasteiger partial charge in [0.1, 0.15) is 13.2 Å². The molecule has 34 heavy (non-hydrogen) atoms. The number of halogens is 1. The van der Waals surface area contributed by atoms with E-state index in [1.54, 1.807) is 30.3 Å². The molecule has 0 amide bonds. The standard InChI is InChI=1S/C25H21ClN2O5S/c1-16-2-4-17(5-3-16)15-27-24-25(28-23(33-24)18-6-8-19(26)9-7-18)34(29,30)20-10-11-21-22(14-20)32-13-12-31-21/h2-11,14,27H,12-13,15H2,1H3. The number of sulfone groups is 1. The molecule has 3 aromatic carbocycles. The molecule has 7 nitrogen and oxygen atoms in total. The maximum atomic E-state index is 13.6. The number of fused-ring (bicyclic) bond motifs is 1. The van der Waals surface area contributed by atoms with E-state index in [2.05, 4.69) is 10.3 Å². The van der Waals surface area contributed by atoms with E-state index in [0.29, 0.717) is 41.8 Å². The van der Waals surface area contributed by atoms with Crippen LogP contribution in [-0.4, -0.2) is 26.6 Å². The van der Waals surface area contributed by atoms with Gasteiger partial charge in [-0.2, -0.15) is 4.98 Å². The fraction of sp³-hybridized carbons (Fsp3) is 0.160. The van der Waals surface area contributed by atoms with E-state index < -0.39 is 9.84 Å². The van der Waals surface area contributed by atoms with Crippen LogP contribution in [-0.2, 0) is 16.4 Å². The van der Waals surface area contributed by atoms with Gasteiger partial charge < -0.3 is 19.2 Å². The van der Waals surface area contributed by atoms with Crippen LogP contribution in [0.5, 0.6) is 11.5 Å². The van der Waals surface area contributed by atoms with Crippen LogP contribution in [0.4, 0.5) is 5.88 Å². The van der Waals surface area contributed by atoms with Gasteiger partial charge >= 0.3 is 0 Å². The molecule has 0 spiro atoms. The summed E-state index contributed by atoms with van der Waals surface area (Å²) < 4.78 is 44.2. The molecule has 0 radical (unpaired) electrons. The van der Waals surface area contributed by atoms with Gasteiger partial charge in [-0.1, -0.05) is 41.4 Å². The molecule has 9 heteroatoms. The summed E-state index contributed by atoms with van der Waals surface area (Å²) in [6.07, 6.45) is 0. The SMILES string of the molecule is Cc1ccc(CNc2oc(-c3ccc(Cl)cc3)nc2S(=O)(=O)c2ccc3c(c2)OCCO3)cc1. The molecule has 1 aliphatic heterocycles. The highest BCUT2D eigenvalue weighted by Crippen LogP contribution is 2.37. The molecule has 0 saturated heterocycles. The van der Waals surface area contributed by atoms with Crippen LogP contribution in [0.2, 0.25) is 5.02 Å². The van der Waals surface area contributed by atoms with Gasteiger partial charge in [0.05, 0.1) is 4.90 Å². The normalized spacial score (nSPS) is 13.0. The minimum Gasteiger partial charge on any atom is -0.486 e. The first-order valence-electron chi connectivity index (χ1n) is 10.6. The zero-order valence-electron chi connectivity index (χ0n) is 18.2. The van der Waals surface area contributed by atoms with Gasteiger partial charge in [-0.05, 0) is 48.9 Å². The average molecular weight is 497 g/mol. The van der Waals surface area contributed by atoms with E-state index in [0.717, 1.165) is 11.1 Å². The van der Waals surface area contributed by atoms with Gasteiger partial charge in [-0.15, -0.1) is 0 Å². The van der Waals surface area contributed by atoms with Gasteiger partial charge in [-0.3, -0.25) is 0 Å². The molecule has 0 saturated carbocycles. The molecule has 1 aliphatic rings. The summed E-state index contributed by atoms with van der Waals surface area (Å²) in [5.41, 5.74) is 2.71. The average Bonchev–Trinajstić information content (AvgIpc) is 3.29. The summed E-state index contributed by atoms with van der Waals surface area (Å²) in [5.74, 6) is 1.10. The molecule has 0 bridgehead atoms. The number of nitrogens with one attached hydrogen (secondary N) is 1. The number of benzene rings is 3. The lowest BCUT2D eigenvalue weighted by atomic mass is 10.1. The van der Waals surface area contributed by atoms with Crippen molar-refractivity contribution in [3.8, 4) is 23.0 Å². The number of aryl methyl sites for hydroxylation is 1. The number of oxazole rings is 1. The lowest BCUT2D eigenvalue weighted by Crippen LogP contribution is -2.16. The van der Waals surface area contributed by atoms with Crippen molar-refractivity contribution in [1.29, 1.82) is 0 Å². The van der Waals surface area contributed by atoms with Gasteiger partial charge in [0, 0.05) is 23.2 Å².